The highest BCUT2D eigenvalue weighted by molar-refractivity contribution is 9.13. The van der Waals surface area contributed by atoms with Crippen LogP contribution in [0.3, 0.4) is 0 Å². The quantitative estimate of drug-likeness (QED) is 0.475. The van der Waals surface area contributed by atoms with Crippen molar-refractivity contribution >= 4 is 54.3 Å². The fourth-order valence-electron chi connectivity index (χ4n) is 2.81. The smallest absolute Gasteiger partial charge is 0.253 e. The van der Waals surface area contributed by atoms with Crippen molar-refractivity contribution in [2.45, 2.75) is 6.42 Å². The van der Waals surface area contributed by atoms with Crippen LogP contribution in [0.1, 0.15) is 16.1 Å². The average molecular weight is 462 g/mol. The second-order valence-electron chi connectivity index (χ2n) is 5.72. The van der Waals surface area contributed by atoms with Crippen molar-refractivity contribution in [2.75, 3.05) is 6.54 Å². The van der Waals surface area contributed by atoms with E-state index in [1.165, 1.54) is 0 Å². The van der Waals surface area contributed by atoms with Gasteiger partial charge in [0, 0.05) is 51.4 Å². The molecule has 0 unspecified atom stereocenters. The normalized spacial score (nSPS) is 11.3. The summed E-state index contributed by atoms with van der Waals surface area (Å²) >= 11 is 6.95. The van der Waals surface area contributed by atoms with Gasteiger partial charge in [-0.2, -0.15) is 0 Å². The summed E-state index contributed by atoms with van der Waals surface area (Å²) in [5.74, 6) is -0.0933. The van der Waals surface area contributed by atoms with Gasteiger partial charge in [0.1, 0.15) is 5.65 Å². The van der Waals surface area contributed by atoms with E-state index in [1.807, 2.05) is 47.1 Å². The number of aromatic amines is 1. The maximum Gasteiger partial charge on any atom is 0.253 e. The third-order valence-corrected chi connectivity index (χ3v) is 5.89. The lowest BCUT2D eigenvalue weighted by Crippen LogP contribution is -2.25. The number of fused-ring (bicyclic) bond motifs is 2. The number of hydrogen-bond acceptors (Lipinski definition) is 2. The number of halogens is 2. The molecule has 0 radical (unpaired) electrons. The summed E-state index contributed by atoms with van der Waals surface area (Å²) in [5.41, 5.74) is 3.42. The molecule has 0 saturated carbocycles. The predicted molar refractivity (Wildman–Crippen MR) is 105 cm³/mol. The molecule has 3 heterocycles. The summed E-state index contributed by atoms with van der Waals surface area (Å²) in [5, 5.41) is 3.86. The van der Waals surface area contributed by atoms with Crippen molar-refractivity contribution in [1.82, 2.24) is 19.7 Å². The van der Waals surface area contributed by atoms with Gasteiger partial charge >= 0.3 is 0 Å². The van der Waals surface area contributed by atoms with Crippen LogP contribution >= 0.6 is 31.9 Å². The molecule has 1 amide bonds. The molecule has 25 heavy (non-hydrogen) atoms. The molecule has 126 valence electrons. The Labute approximate surface area is 160 Å². The first-order chi connectivity index (χ1) is 12.1. The minimum atomic E-state index is -0.0933. The highest BCUT2D eigenvalue weighted by Crippen LogP contribution is 2.30. The zero-order chi connectivity index (χ0) is 17.4. The van der Waals surface area contributed by atoms with Crippen molar-refractivity contribution in [3.63, 3.8) is 0 Å². The van der Waals surface area contributed by atoms with Crippen LogP contribution in [0.5, 0.6) is 0 Å². The second kappa shape index (κ2) is 6.65. The van der Waals surface area contributed by atoms with Crippen molar-refractivity contribution in [1.29, 1.82) is 0 Å². The largest absolute Gasteiger partial charge is 0.360 e. The number of amides is 1. The number of imidazole rings is 1. The molecule has 0 spiro atoms. The van der Waals surface area contributed by atoms with Crippen LogP contribution in [-0.2, 0) is 6.42 Å². The van der Waals surface area contributed by atoms with Crippen LogP contribution in [0.4, 0.5) is 0 Å². The molecule has 0 bridgehead atoms. The minimum absolute atomic E-state index is 0.0933. The molecule has 7 heteroatoms. The van der Waals surface area contributed by atoms with Crippen molar-refractivity contribution in [2.24, 2.45) is 0 Å². The highest BCUT2D eigenvalue weighted by atomic mass is 79.9. The van der Waals surface area contributed by atoms with Gasteiger partial charge in [0.25, 0.3) is 5.91 Å². The first-order valence-corrected chi connectivity index (χ1v) is 9.37. The summed E-state index contributed by atoms with van der Waals surface area (Å²) in [6, 6.07) is 9.78. The predicted octanol–water partition coefficient (Wildman–Crippen LogP) is 4.31. The lowest BCUT2D eigenvalue weighted by Gasteiger charge is -2.03. The van der Waals surface area contributed by atoms with Crippen LogP contribution in [0.15, 0.2) is 57.9 Å². The Hall–Kier alpha value is -2.12. The van der Waals surface area contributed by atoms with Crippen molar-refractivity contribution in [3.8, 4) is 0 Å². The van der Waals surface area contributed by atoms with Crippen molar-refractivity contribution in [3.05, 3.63) is 69.1 Å². The molecule has 0 aliphatic heterocycles. The Balaban J connectivity index is 1.46. The molecule has 5 nitrogen and oxygen atoms in total. The van der Waals surface area contributed by atoms with E-state index in [4.69, 9.17) is 0 Å². The number of nitrogens with zero attached hydrogens (tertiary/aromatic N) is 2. The summed E-state index contributed by atoms with van der Waals surface area (Å²) in [6.07, 6.45) is 6.38. The van der Waals surface area contributed by atoms with E-state index in [1.54, 1.807) is 6.20 Å². The lowest BCUT2D eigenvalue weighted by atomic mass is 10.1. The molecular formula is C18H14Br2N4O. The van der Waals surface area contributed by atoms with Gasteiger partial charge in [-0.15, -0.1) is 0 Å². The SMILES string of the molecule is O=C(NCCc1cn2ccccc2n1)c1c[nH]c2cc(Br)c(Br)cc12. The number of H-pyrrole nitrogens is 1. The van der Waals surface area contributed by atoms with E-state index in [-0.39, 0.29) is 5.91 Å². The molecule has 1 aromatic carbocycles. The first kappa shape index (κ1) is 16.4. The van der Waals surface area contributed by atoms with E-state index in [0.717, 1.165) is 31.2 Å². The van der Waals surface area contributed by atoms with E-state index < -0.39 is 0 Å². The fraction of sp³-hybridized carbons (Fsp3) is 0.111. The summed E-state index contributed by atoms with van der Waals surface area (Å²) in [7, 11) is 0. The van der Waals surface area contributed by atoms with Crippen LogP contribution in [-0.4, -0.2) is 26.8 Å². The molecule has 4 aromatic rings. The average Bonchev–Trinajstić information content (AvgIpc) is 3.18. The maximum absolute atomic E-state index is 12.5. The van der Waals surface area contributed by atoms with Crippen LogP contribution in [0, 0.1) is 0 Å². The highest BCUT2D eigenvalue weighted by Gasteiger charge is 2.13. The van der Waals surface area contributed by atoms with Gasteiger partial charge in [-0.3, -0.25) is 4.79 Å². The number of hydrogen-bond donors (Lipinski definition) is 2. The third kappa shape index (κ3) is 3.21. The molecule has 3 aromatic heterocycles. The number of carbonyl (C=O) groups excluding carboxylic acids is 1. The van der Waals surface area contributed by atoms with Gasteiger partial charge in [-0.25, -0.2) is 4.98 Å². The monoisotopic (exact) mass is 460 g/mol. The van der Waals surface area contributed by atoms with E-state index in [9.17, 15) is 4.79 Å². The third-order valence-electron chi connectivity index (χ3n) is 4.05. The molecule has 0 aliphatic rings. The fourth-order valence-corrected chi connectivity index (χ4v) is 3.50. The van der Waals surface area contributed by atoms with Crippen LogP contribution < -0.4 is 5.32 Å². The van der Waals surface area contributed by atoms with Crippen LogP contribution in [0.2, 0.25) is 0 Å². The number of rotatable bonds is 4. The van der Waals surface area contributed by atoms with E-state index in [2.05, 4.69) is 47.1 Å². The standard InChI is InChI=1S/C18H14Br2N4O/c19-14-7-12-13(9-22-16(12)8-15(14)20)18(25)21-5-4-11-10-24-6-2-1-3-17(24)23-11/h1-3,6-10,22H,4-5H2,(H,21,25). The Morgan fingerprint density at radius 1 is 1.24 bits per heavy atom. The molecule has 2 N–H and O–H groups in total. The van der Waals surface area contributed by atoms with Gasteiger partial charge in [-0.05, 0) is 56.1 Å². The van der Waals surface area contributed by atoms with Gasteiger partial charge < -0.3 is 14.7 Å². The Kier molecular flexibility index (Phi) is 4.35. The summed E-state index contributed by atoms with van der Waals surface area (Å²) in [6.45, 7) is 0.535. The summed E-state index contributed by atoms with van der Waals surface area (Å²) in [4.78, 5) is 20.2. The maximum atomic E-state index is 12.5. The molecular weight excluding hydrogens is 448 g/mol. The van der Waals surface area contributed by atoms with E-state index in [0.29, 0.717) is 18.5 Å². The van der Waals surface area contributed by atoms with Gasteiger partial charge in [0.2, 0.25) is 0 Å². The number of aromatic nitrogens is 3. The lowest BCUT2D eigenvalue weighted by molar-refractivity contribution is 0.0956. The number of carbonyl (C=O) groups is 1. The molecule has 0 aliphatic carbocycles. The first-order valence-electron chi connectivity index (χ1n) is 7.79. The Morgan fingerprint density at radius 3 is 2.92 bits per heavy atom. The summed E-state index contributed by atoms with van der Waals surface area (Å²) < 4.78 is 3.84. The van der Waals surface area contributed by atoms with Crippen LogP contribution in [0.25, 0.3) is 16.6 Å². The number of nitrogens with one attached hydrogen (secondary N) is 2. The number of benzene rings is 1. The molecule has 0 atom stereocenters. The van der Waals surface area contributed by atoms with E-state index >= 15 is 0 Å². The molecule has 0 fully saturated rings. The van der Waals surface area contributed by atoms with Gasteiger partial charge in [0.15, 0.2) is 0 Å². The number of pyridine rings is 1. The van der Waals surface area contributed by atoms with Gasteiger partial charge in [-0.1, -0.05) is 6.07 Å². The topological polar surface area (TPSA) is 62.2 Å². The Bertz CT molecular complexity index is 1050. The molecule has 4 rings (SSSR count). The van der Waals surface area contributed by atoms with Gasteiger partial charge in [0.05, 0.1) is 11.3 Å². The second-order valence-corrected chi connectivity index (χ2v) is 7.43. The van der Waals surface area contributed by atoms with Crippen molar-refractivity contribution < 1.29 is 4.79 Å². The minimum Gasteiger partial charge on any atom is -0.360 e. The zero-order valence-corrected chi connectivity index (χ0v) is 16.3. The Morgan fingerprint density at radius 2 is 2.08 bits per heavy atom. The zero-order valence-electron chi connectivity index (χ0n) is 13.1. The molecule has 0 saturated heterocycles.